The van der Waals surface area contributed by atoms with E-state index in [4.69, 9.17) is 0 Å². The Morgan fingerprint density at radius 2 is 1.75 bits per heavy atom. The summed E-state index contributed by atoms with van der Waals surface area (Å²) in [6.07, 6.45) is 2.00. The summed E-state index contributed by atoms with van der Waals surface area (Å²) in [7, 11) is 0. The minimum Gasteiger partial charge on any atom is -0.326 e. The van der Waals surface area contributed by atoms with Gasteiger partial charge in [0.1, 0.15) is 0 Å². The van der Waals surface area contributed by atoms with Gasteiger partial charge in [0.2, 0.25) is 0 Å². The molecule has 0 saturated carbocycles. The van der Waals surface area contributed by atoms with Crippen LogP contribution in [0.1, 0.15) is 44.9 Å². The van der Waals surface area contributed by atoms with Crippen molar-refractivity contribution in [3.63, 3.8) is 0 Å². The van der Waals surface area contributed by atoms with Gasteiger partial charge in [0, 0.05) is 18.6 Å². The maximum absolute atomic E-state index is 4.59. The van der Waals surface area contributed by atoms with E-state index < -0.39 is 0 Å². The summed E-state index contributed by atoms with van der Waals surface area (Å²) in [5.41, 5.74) is 4.99. The summed E-state index contributed by atoms with van der Waals surface area (Å²) >= 11 is 0. The molecule has 1 aromatic heterocycles. The van der Waals surface area contributed by atoms with Crippen molar-refractivity contribution >= 4 is 11.0 Å². The summed E-state index contributed by atoms with van der Waals surface area (Å²) in [5.74, 6) is 0.570. The first-order chi connectivity index (χ1) is 9.40. The maximum atomic E-state index is 4.59. The molecule has 20 heavy (non-hydrogen) atoms. The Balaban J connectivity index is 2.40. The molecule has 0 bridgehead atoms. The Labute approximate surface area is 122 Å². The van der Waals surface area contributed by atoms with Crippen LogP contribution in [0, 0.1) is 19.8 Å². The molecule has 2 rings (SSSR count). The molecule has 1 N–H and O–H groups in total. The summed E-state index contributed by atoms with van der Waals surface area (Å²) in [5, 5.41) is 3.56. The Kier molecular flexibility index (Phi) is 4.48. The van der Waals surface area contributed by atoms with E-state index >= 15 is 0 Å². The summed E-state index contributed by atoms with van der Waals surface area (Å²) in [6, 6.07) is 5.40. The molecule has 1 heterocycles. The zero-order valence-electron chi connectivity index (χ0n) is 13.6. The van der Waals surface area contributed by atoms with Gasteiger partial charge in [-0.15, -0.1) is 0 Å². The number of nitrogens with zero attached hydrogens (tertiary/aromatic N) is 2. The van der Waals surface area contributed by atoms with E-state index in [0.717, 1.165) is 12.1 Å². The molecule has 0 fully saturated rings. The van der Waals surface area contributed by atoms with Crippen molar-refractivity contribution in [2.45, 2.75) is 53.6 Å². The third-order valence-corrected chi connectivity index (χ3v) is 4.05. The molecule has 1 unspecified atom stereocenters. The fourth-order valence-electron chi connectivity index (χ4n) is 2.56. The van der Waals surface area contributed by atoms with Crippen LogP contribution >= 0.6 is 0 Å². The van der Waals surface area contributed by atoms with E-state index in [1.54, 1.807) is 0 Å². The Hall–Kier alpha value is -1.35. The van der Waals surface area contributed by atoms with Crippen molar-refractivity contribution in [2.24, 2.45) is 5.92 Å². The summed E-state index contributed by atoms with van der Waals surface area (Å²) in [4.78, 5) is 4.59. The molecule has 3 nitrogen and oxygen atoms in total. The SMILES string of the molecule is Cc1cc2ncn(C(CNC(C)C)C(C)C)c2cc1C. The standard InChI is InChI=1S/C17H27N3/c1-11(2)17(9-18-12(3)4)20-10-19-15-7-13(5)14(6)8-16(15)20/h7-8,10-12,17-18H,9H2,1-6H3. The highest BCUT2D eigenvalue weighted by Gasteiger charge is 2.18. The average Bonchev–Trinajstić information content (AvgIpc) is 2.73. The van der Waals surface area contributed by atoms with Crippen LogP contribution in [0.3, 0.4) is 0 Å². The van der Waals surface area contributed by atoms with Gasteiger partial charge in [-0.3, -0.25) is 0 Å². The Morgan fingerprint density at radius 3 is 2.35 bits per heavy atom. The fourth-order valence-corrected chi connectivity index (χ4v) is 2.56. The van der Waals surface area contributed by atoms with Gasteiger partial charge in [0.05, 0.1) is 17.4 Å². The minimum atomic E-state index is 0.435. The lowest BCUT2D eigenvalue weighted by molar-refractivity contribution is 0.352. The van der Waals surface area contributed by atoms with Gasteiger partial charge >= 0.3 is 0 Å². The molecule has 0 saturated heterocycles. The third kappa shape index (κ3) is 3.04. The van der Waals surface area contributed by atoms with E-state index in [1.807, 2.05) is 6.33 Å². The van der Waals surface area contributed by atoms with Crippen LogP contribution in [0.4, 0.5) is 0 Å². The molecule has 1 aromatic carbocycles. The number of hydrogen-bond acceptors (Lipinski definition) is 2. The maximum Gasteiger partial charge on any atom is 0.0961 e. The average molecular weight is 273 g/mol. The van der Waals surface area contributed by atoms with Crippen molar-refractivity contribution in [3.05, 3.63) is 29.6 Å². The molecule has 0 aliphatic carbocycles. The van der Waals surface area contributed by atoms with Crippen LogP contribution < -0.4 is 5.32 Å². The molecular formula is C17H27N3. The molecule has 0 radical (unpaired) electrons. The zero-order valence-corrected chi connectivity index (χ0v) is 13.6. The molecule has 110 valence electrons. The lowest BCUT2D eigenvalue weighted by Gasteiger charge is -2.25. The largest absolute Gasteiger partial charge is 0.326 e. The molecule has 3 heteroatoms. The first kappa shape index (κ1) is 15.0. The number of nitrogens with one attached hydrogen (secondary N) is 1. The van der Waals surface area contributed by atoms with Crippen LogP contribution in [0.2, 0.25) is 0 Å². The van der Waals surface area contributed by atoms with Crippen molar-refractivity contribution in [2.75, 3.05) is 6.54 Å². The third-order valence-electron chi connectivity index (χ3n) is 4.05. The van der Waals surface area contributed by atoms with Crippen molar-refractivity contribution in [1.29, 1.82) is 0 Å². The van der Waals surface area contributed by atoms with Gasteiger partial charge in [-0.05, 0) is 43.0 Å². The normalized spacial score (nSPS) is 13.6. The highest BCUT2D eigenvalue weighted by Crippen LogP contribution is 2.25. The molecule has 0 spiro atoms. The number of benzene rings is 1. The number of hydrogen-bond donors (Lipinski definition) is 1. The topological polar surface area (TPSA) is 29.9 Å². The molecule has 0 amide bonds. The highest BCUT2D eigenvalue weighted by molar-refractivity contribution is 5.77. The van der Waals surface area contributed by atoms with Gasteiger partial charge in [-0.25, -0.2) is 4.98 Å². The quantitative estimate of drug-likeness (QED) is 0.896. The monoisotopic (exact) mass is 273 g/mol. The first-order valence-corrected chi connectivity index (χ1v) is 7.57. The summed E-state index contributed by atoms with van der Waals surface area (Å²) < 4.78 is 2.34. The first-order valence-electron chi connectivity index (χ1n) is 7.57. The van der Waals surface area contributed by atoms with Gasteiger partial charge in [0.15, 0.2) is 0 Å². The molecule has 0 aliphatic heterocycles. The van der Waals surface area contributed by atoms with E-state index in [9.17, 15) is 0 Å². The van der Waals surface area contributed by atoms with Crippen molar-refractivity contribution in [3.8, 4) is 0 Å². The second-order valence-electron chi connectivity index (χ2n) is 6.45. The van der Waals surface area contributed by atoms with Crippen LogP contribution in [-0.2, 0) is 0 Å². The Morgan fingerprint density at radius 1 is 1.10 bits per heavy atom. The fraction of sp³-hybridized carbons (Fsp3) is 0.588. The van der Waals surface area contributed by atoms with Gasteiger partial charge in [0.25, 0.3) is 0 Å². The summed E-state index contributed by atoms with van der Waals surface area (Å²) in [6.45, 7) is 14.2. The van der Waals surface area contributed by atoms with Crippen LogP contribution in [-0.4, -0.2) is 22.1 Å². The lowest BCUT2D eigenvalue weighted by Crippen LogP contribution is -2.32. The van der Waals surface area contributed by atoms with Gasteiger partial charge < -0.3 is 9.88 Å². The van der Waals surface area contributed by atoms with E-state index in [-0.39, 0.29) is 0 Å². The predicted molar refractivity (Wildman–Crippen MR) is 86.2 cm³/mol. The van der Waals surface area contributed by atoms with Gasteiger partial charge in [-0.1, -0.05) is 27.7 Å². The van der Waals surface area contributed by atoms with Crippen LogP contribution in [0.5, 0.6) is 0 Å². The van der Waals surface area contributed by atoms with Crippen molar-refractivity contribution in [1.82, 2.24) is 14.9 Å². The predicted octanol–water partition coefficient (Wildman–Crippen LogP) is 3.85. The molecule has 2 aromatic rings. The lowest BCUT2D eigenvalue weighted by atomic mass is 10.0. The molecule has 1 atom stereocenters. The molecular weight excluding hydrogens is 246 g/mol. The van der Waals surface area contributed by atoms with Gasteiger partial charge in [-0.2, -0.15) is 0 Å². The van der Waals surface area contributed by atoms with E-state index in [2.05, 4.69) is 68.5 Å². The second kappa shape index (κ2) is 5.96. The number of fused-ring (bicyclic) bond motifs is 1. The molecule has 0 aliphatic rings. The number of aromatic nitrogens is 2. The number of aryl methyl sites for hydroxylation is 2. The van der Waals surface area contributed by atoms with Crippen molar-refractivity contribution < 1.29 is 0 Å². The van der Waals surface area contributed by atoms with Crippen LogP contribution in [0.15, 0.2) is 18.5 Å². The zero-order chi connectivity index (χ0) is 14.9. The van der Waals surface area contributed by atoms with E-state index in [1.165, 1.54) is 16.6 Å². The highest BCUT2D eigenvalue weighted by atomic mass is 15.1. The smallest absolute Gasteiger partial charge is 0.0961 e. The van der Waals surface area contributed by atoms with E-state index in [0.29, 0.717) is 18.0 Å². The second-order valence-corrected chi connectivity index (χ2v) is 6.45. The number of imidazole rings is 1. The Bertz CT molecular complexity index is 581. The number of rotatable bonds is 5. The van der Waals surface area contributed by atoms with Crippen LogP contribution in [0.25, 0.3) is 11.0 Å². The minimum absolute atomic E-state index is 0.435.